The number of carbonyl (C=O) groups is 2. The Balaban J connectivity index is 1.63. The minimum absolute atomic E-state index is 0.203. The zero-order chi connectivity index (χ0) is 17.1. The van der Waals surface area contributed by atoms with Gasteiger partial charge in [0.1, 0.15) is 0 Å². The Labute approximate surface area is 140 Å². The first-order chi connectivity index (χ1) is 11.6. The standard InChI is InChI=1S/C19H22N2O3/c1-12-13(14-6-4-5-9-17(14)21-12)10-11-20-18(22)15-7-2-3-8-16(15)19(23)24/h2-6,9,15-16,21H,7-8,10-11H2,1H3,(H,20,22)(H,23,24)/p-1/t15-,16+/m1/s1. The Morgan fingerprint density at radius 3 is 2.67 bits per heavy atom. The lowest BCUT2D eigenvalue weighted by atomic mass is 9.82. The van der Waals surface area contributed by atoms with Crippen LogP contribution >= 0.6 is 0 Å². The number of carboxylic acids is 1. The Hall–Kier alpha value is -2.56. The number of para-hydroxylation sites is 1. The number of nitrogens with one attached hydrogen (secondary N) is 2. The molecule has 1 heterocycles. The Morgan fingerprint density at radius 1 is 1.21 bits per heavy atom. The molecule has 126 valence electrons. The van der Waals surface area contributed by atoms with Crippen LogP contribution in [0.4, 0.5) is 0 Å². The molecule has 0 radical (unpaired) electrons. The number of aromatic amines is 1. The van der Waals surface area contributed by atoms with Crippen LogP contribution in [0.25, 0.3) is 10.9 Å². The number of aromatic nitrogens is 1. The van der Waals surface area contributed by atoms with E-state index in [1.54, 1.807) is 6.08 Å². The van der Waals surface area contributed by atoms with Gasteiger partial charge >= 0.3 is 0 Å². The summed E-state index contributed by atoms with van der Waals surface area (Å²) in [6.07, 6.45) is 5.20. The lowest BCUT2D eigenvalue weighted by Crippen LogP contribution is -2.44. The minimum Gasteiger partial charge on any atom is -0.550 e. The number of carboxylic acid groups (broad SMARTS) is 1. The van der Waals surface area contributed by atoms with Crippen molar-refractivity contribution in [2.24, 2.45) is 11.8 Å². The number of benzene rings is 1. The van der Waals surface area contributed by atoms with E-state index in [0.717, 1.165) is 16.6 Å². The summed E-state index contributed by atoms with van der Waals surface area (Å²) >= 11 is 0. The first-order valence-electron chi connectivity index (χ1n) is 8.27. The Kier molecular flexibility index (Phi) is 4.69. The smallest absolute Gasteiger partial charge is 0.224 e. The SMILES string of the molecule is Cc1[nH]c2ccccc2c1CCNC(=O)[C@@H]1CC=CC[C@@H]1C(=O)[O-]. The van der Waals surface area contributed by atoms with E-state index in [2.05, 4.69) is 16.4 Å². The summed E-state index contributed by atoms with van der Waals surface area (Å²) in [6.45, 7) is 2.51. The molecule has 0 fully saturated rings. The average Bonchev–Trinajstić information content (AvgIpc) is 2.90. The van der Waals surface area contributed by atoms with Gasteiger partial charge in [-0.15, -0.1) is 0 Å². The van der Waals surface area contributed by atoms with Crippen LogP contribution in [0.1, 0.15) is 24.1 Å². The maximum absolute atomic E-state index is 12.3. The number of H-pyrrole nitrogens is 1. The van der Waals surface area contributed by atoms with E-state index >= 15 is 0 Å². The fourth-order valence-electron chi connectivity index (χ4n) is 3.46. The summed E-state index contributed by atoms with van der Waals surface area (Å²) in [4.78, 5) is 26.9. The van der Waals surface area contributed by atoms with Crippen LogP contribution in [0.5, 0.6) is 0 Å². The van der Waals surface area contributed by atoms with Gasteiger partial charge in [0, 0.05) is 40.9 Å². The van der Waals surface area contributed by atoms with Crippen molar-refractivity contribution in [3.63, 3.8) is 0 Å². The summed E-state index contributed by atoms with van der Waals surface area (Å²) in [5, 5.41) is 15.2. The van der Waals surface area contributed by atoms with Crippen LogP contribution in [0.3, 0.4) is 0 Å². The Morgan fingerprint density at radius 2 is 1.92 bits per heavy atom. The highest BCUT2D eigenvalue weighted by Crippen LogP contribution is 2.26. The zero-order valence-corrected chi connectivity index (χ0v) is 13.7. The van der Waals surface area contributed by atoms with Crippen LogP contribution in [0.15, 0.2) is 36.4 Å². The van der Waals surface area contributed by atoms with E-state index in [4.69, 9.17) is 0 Å². The summed E-state index contributed by atoms with van der Waals surface area (Å²) in [6, 6.07) is 8.08. The predicted molar refractivity (Wildman–Crippen MR) is 90.1 cm³/mol. The molecule has 5 heteroatoms. The second-order valence-electron chi connectivity index (χ2n) is 6.29. The van der Waals surface area contributed by atoms with E-state index in [1.807, 2.05) is 31.2 Å². The van der Waals surface area contributed by atoms with Crippen LogP contribution < -0.4 is 10.4 Å². The van der Waals surface area contributed by atoms with Crippen LogP contribution in [-0.4, -0.2) is 23.4 Å². The van der Waals surface area contributed by atoms with Gasteiger partial charge in [0.05, 0.1) is 0 Å². The molecule has 2 N–H and O–H groups in total. The maximum atomic E-state index is 12.3. The third kappa shape index (κ3) is 3.20. The molecule has 0 saturated carbocycles. The van der Waals surface area contributed by atoms with Gasteiger partial charge in [0.2, 0.25) is 5.91 Å². The molecule has 3 rings (SSSR count). The zero-order valence-electron chi connectivity index (χ0n) is 13.7. The molecule has 0 bridgehead atoms. The molecule has 0 spiro atoms. The number of aliphatic carboxylic acids is 1. The summed E-state index contributed by atoms with van der Waals surface area (Å²) < 4.78 is 0. The molecule has 0 saturated heterocycles. The molecule has 1 amide bonds. The van der Waals surface area contributed by atoms with E-state index in [-0.39, 0.29) is 5.91 Å². The lowest BCUT2D eigenvalue weighted by Gasteiger charge is -2.28. The van der Waals surface area contributed by atoms with Gasteiger partial charge in [-0.25, -0.2) is 0 Å². The molecule has 2 aromatic rings. The topological polar surface area (TPSA) is 85.0 Å². The van der Waals surface area contributed by atoms with Crippen molar-refractivity contribution in [3.8, 4) is 0 Å². The number of hydrogen-bond acceptors (Lipinski definition) is 3. The molecule has 1 aliphatic carbocycles. The van der Waals surface area contributed by atoms with E-state index in [9.17, 15) is 14.7 Å². The van der Waals surface area contributed by atoms with E-state index < -0.39 is 17.8 Å². The molecule has 5 nitrogen and oxygen atoms in total. The van der Waals surface area contributed by atoms with Crippen LogP contribution in [-0.2, 0) is 16.0 Å². The number of aryl methyl sites for hydroxylation is 1. The summed E-state index contributed by atoms with van der Waals surface area (Å²) in [5.41, 5.74) is 3.37. The van der Waals surface area contributed by atoms with Gasteiger partial charge in [-0.2, -0.15) is 0 Å². The number of hydrogen-bond donors (Lipinski definition) is 2. The normalized spacial score (nSPS) is 20.2. The van der Waals surface area contributed by atoms with Gasteiger partial charge in [0.15, 0.2) is 0 Å². The van der Waals surface area contributed by atoms with E-state index in [0.29, 0.717) is 25.8 Å². The fraction of sp³-hybridized carbons (Fsp3) is 0.368. The fourth-order valence-corrected chi connectivity index (χ4v) is 3.46. The van der Waals surface area contributed by atoms with Crippen molar-refractivity contribution in [2.75, 3.05) is 6.54 Å². The molecule has 1 aliphatic rings. The number of amides is 1. The van der Waals surface area contributed by atoms with Gasteiger partial charge in [0.25, 0.3) is 0 Å². The monoisotopic (exact) mass is 325 g/mol. The molecule has 1 aromatic carbocycles. The highest BCUT2D eigenvalue weighted by Gasteiger charge is 2.29. The summed E-state index contributed by atoms with van der Waals surface area (Å²) in [7, 11) is 0. The average molecular weight is 325 g/mol. The second kappa shape index (κ2) is 6.91. The number of allylic oxidation sites excluding steroid dienone is 2. The number of fused-ring (bicyclic) bond motifs is 1. The highest BCUT2D eigenvalue weighted by atomic mass is 16.4. The van der Waals surface area contributed by atoms with Crippen molar-refractivity contribution < 1.29 is 14.7 Å². The first-order valence-corrected chi connectivity index (χ1v) is 8.27. The lowest BCUT2D eigenvalue weighted by molar-refractivity contribution is -0.313. The minimum atomic E-state index is -1.15. The third-order valence-corrected chi connectivity index (χ3v) is 4.77. The Bertz CT molecular complexity index is 791. The van der Waals surface area contributed by atoms with Crippen molar-refractivity contribution >= 4 is 22.8 Å². The molecule has 0 unspecified atom stereocenters. The quantitative estimate of drug-likeness (QED) is 0.816. The van der Waals surface area contributed by atoms with Crippen molar-refractivity contribution in [3.05, 3.63) is 47.7 Å². The van der Waals surface area contributed by atoms with Gasteiger partial charge in [-0.3, -0.25) is 4.79 Å². The highest BCUT2D eigenvalue weighted by molar-refractivity contribution is 5.86. The van der Waals surface area contributed by atoms with Gasteiger partial charge in [-0.1, -0.05) is 30.4 Å². The molecule has 24 heavy (non-hydrogen) atoms. The molecule has 0 aliphatic heterocycles. The van der Waals surface area contributed by atoms with Crippen LogP contribution in [0, 0.1) is 18.8 Å². The molecular formula is C19H21N2O3-. The summed E-state index contributed by atoms with van der Waals surface area (Å²) in [5.74, 6) is -2.62. The molecule has 2 atom stereocenters. The number of carbonyl (C=O) groups excluding carboxylic acids is 2. The second-order valence-corrected chi connectivity index (χ2v) is 6.29. The third-order valence-electron chi connectivity index (χ3n) is 4.77. The van der Waals surface area contributed by atoms with Gasteiger partial charge in [-0.05, 0) is 37.8 Å². The largest absolute Gasteiger partial charge is 0.550 e. The van der Waals surface area contributed by atoms with E-state index in [1.165, 1.54) is 5.56 Å². The van der Waals surface area contributed by atoms with Gasteiger partial charge < -0.3 is 20.2 Å². The van der Waals surface area contributed by atoms with Crippen molar-refractivity contribution in [2.45, 2.75) is 26.2 Å². The molecular weight excluding hydrogens is 304 g/mol. The number of rotatable bonds is 5. The van der Waals surface area contributed by atoms with Crippen LogP contribution in [0.2, 0.25) is 0 Å². The predicted octanol–water partition coefficient (Wildman–Crippen LogP) is 1.47. The first kappa shape index (κ1) is 16.3. The maximum Gasteiger partial charge on any atom is 0.224 e. The van der Waals surface area contributed by atoms with Crippen molar-refractivity contribution in [1.29, 1.82) is 0 Å². The van der Waals surface area contributed by atoms with Crippen molar-refractivity contribution in [1.82, 2.24) is 10.3 Å². The molecule has 1 aromatic heterocycles.